The molecule has 0 heterocycles. The highest BCUT2D eigenvalue weighted by atomic mass is 35.5. The van der Waals surface area contributed by atoms with Crippen LogP contribution in [0.2, 0.25) is 5.02 Å². The Morgan fingerprint density at radius 1 is 1.50 bits per heavy atom. The van der Waals surface area contributed by atoms with Crippen molar-refractivity contribution in [2.75, 3.05) is 0 Å². The number of halogens is 1. The van der Waals surface area contributed by atoms with Gasteiger partial charge in [-0.2, -0.15) is 5.26 Å². The summed E-state index contributed by atoms with van der Waals surface area (Å²) in [5, 5.41) is 18.7. The molecule has 0 amide bonds. The number of hydrogen-bond donors (Lipinski definition) is 1. The molecule has 1 aromatic carbocycles. The first-order chi connectivity index (χ1) is 7.60. The lowest BCUT2D eigenvalue weighted by molar-refractivity contribution is 0.475. The lowest BCUT2D eigenvalue weighted by atomic mass is 9.95. The highest BCUT2D eigenvalue weighted by Gasteiger charge is 2.53. The molecular weight excluding hydrogens is 222 g/mol. The molecule has 0 bridgehead atoms. The molecule has 1 unspecified atom stereocenters. The van der Waals surface area contributed by atoms with Crippen molar-refractivity contribution < 1.29 is 5.11 Å². The number of benzene rings is 1. The topological polar surface area (TPSA) is 44.0 Å². The van der Waals surface area contributed by atoms with Gasteiger partial charge in [0.25, 0.3) is 0 Å². The molecule has 1 aliphatic carbocycles. The van der Waals surface area contributed by atoms with Crippen molar-refractivity contribution in [2.45, 2.75) is 32.6 Å². The van der Waals surface area contributed by atoms with Gasteiger partial charge in [-0.05, 0) is 30.0 Å². The first kappa shape index (κ1) is 12.9. The Kier molecular flexibility index (Phi) is 3.83. The molecule has 0 spiro atoms. The quantitative estimate of drug-likeness (QED) is 0.806. The Balaban J connectivity index is 0.000000606. The standard InChI is InChI=1S/C11H10ClNO.C2H6/c1-7-5-11(7,6-13)8-2-3-10(14)9(12)4-8;1-2/h2-4,7,14H,5H2,1H3;1-2H3/t7?,11-;/m1./s1. The second kappa shape index (κ2) is 4.76. The van der Waals surface area contributed by atoms with E-state index in [1.807, 2.05) is 20.8 Å². The Labute approximate surface area is 101 Å². The zero-order valence-electron chi connectivity index (χ0n) is 9.79. The molecule has 0 radical (unpaired) electrons. The van der Waals surface area contributed by atoms with E-state index in [1.165, 1.54) is 0 Å². The SMILES string of the molecule is CC.CC1C[C@]1(C#N)c1ccc(O)c(Cl)c1. The van der Waals surface area contributed by atoms with Gasteiger partial charge in [0.15, 0.2) is 0 Å². The zero-order valence-corrected chi connectivity index (χ0v) is 10.5. The number of rotatable bonds is 1. The molecule has 1 saturated carbocycles. The van der Waals surface area contributed by atoms with E-state index in [0.29, 0.717) is 10.9 Å². The van der Waals surface area contributed by atoms with Crippen LogP contribution in [0.5, 0.6) is 5.75 Å². The van der Waals surface area contributed by atoms with E-state index in [4.69, 9.17) is 16.9 Å². The predicted octanol–water partition coefficient (Wildman–Crippen LogP) is 3.87. The summed E-state index contributed by atoms with van der Waals surface area (Å²) >= 11 is 5.79. The van der Waals surface area contributed by atoms with Gasteiger partial charge in [-0.25, -0.2) is 0 Å². The van der Waals surface area contributed by atoms with Crippen LogP contribution >= 0.6 is 11.6 Å². The number of phenols is 1. The second-order valence-corrected chi connectivity index (χ2v) is 4.26. The van der Waals surface area contributed by atoms with Crippen molar-refractivity contribution in [2.24, 2.45) is 5.92 Å². The van der Waals surface area contributed by atoms with Gasteiger partial charge in [0.2, 0.25) is 0 Å². The Morgan fingerprint density at radius 2 is 2.06 bits per heavy atom. The van der Waals surface area contributed by atoms with Gasteiger partial charge < -0.3 is 5.11 Å². The van der Waals surface area contributed by atoms with E-state index >= 15 is 0 Å². The van der Waals surface area contributed by atoms with Crippen molar-refractivity contribution in [1.29, 1.82) is 5.26 Å². The first-order valence-corrected chi connectivity index (χ1v) is 5.88. The van der Waals surface area contributed by atoms with Gasteiger partial charge in [-0.3, -0.25) is 0 Å². The van der Waals surface area contributed by atoms with E-state index in [0.717, 1.165) is 12.0 Å². The average Bonchev–Trinajstić information content (AvgIpc) is 2.97. The Hall–Kier alpha value is -1.20. The fraction of sp³-hybridized carbons (Fsp3) is 0.462. The minimum atomic E-state index is -0.364. The molecule has 3 heteroatoms. The van der Waals surface area contributed by atoms with Gasteiger partial charge in [0.1, 0.15) is 5.75 Å². The fourth-order valence-corrected chi connectivity index (χ4v) is 2.01. The van der Waals surface area contributed by atoms with Gasteiger partial charge in [0, 0.05) is 0 Å². The number of aromatic hydroxyl groups is 1. The molecule has 1 fully saturated rings. The van der Waals surface area contributed by atoms with E-state index in [9.17, 15) is 5.11 Å². The molecule has 0 saturated heterocycles. The third-order valence-corrected chi connectivity index (χ3v) is 3.27. The fourth-order valence-electron chi connectivity index (χ4n) is 1.83. The lowest BCUT2D eigenvalue weighted by Gasteiger charge is -2.08. The van der Waals surface area contributed by atoms with Crippen LogP contribution in [-0.4, -0.2) is 5.11 Å². The Morgan fingerprint density at radius 3 is 2.44 bits per heavy atom. The lowest BCUT2D eigenvalue weighted by Crippen LogP contribution is -2.05. The van der Waals surface area contributed by atoms with Gasteiger partial charge in [-0.15, -0.1) is 0 Å². The van der Waals surface area contributed by atoms with Gasteiger partial charge in [-0.1, -0.05) is 38.4 Å². The molecular formula is C13H16ClNO. The van der Waals surface area contributed by atoms with Crippen molar-refractivity contribution >= 4 is 11.6 Å². The number of phenolic OH excluding ortho intramolecular Hbond substituents is 1. The van der Waals surface area contributed by atoms with Crippen LogP contribution in [0.3, 0.4) is 0 Å². The Bertz CT molecular complexity index is 424. The van der Waals surface area contributed by atoms with E-state index in [-0.39, 0.29) is 11.2 Å². The maximum absolute atomic E-state index is 9.25. The van der Waals surface area contributed by atoms with Crippen molar-refractivity contribution in [3.63, 3.8) is 0 Å². The zero-order chi connectivity index (χ0) is 12.3. The molecule has 16 heavy (non-hydrogen) atoms. The van der Waals surface area contributed by atoms with E-state index in [1.54, 1.807) is 18.2 Å². The van der Waals surface area contributed by atoms with Crippen molar-refractivity contribution in [1.82, 2.24) is 0 Å². The minimum Gasteiger partial charge on any atom is -0.506 e. The third-order valence-electron chi connectivity index (χ3n) is 2.97. The summed E-state index contributed by atoms with van der Waals surface area (Å²) in [6, 6.07) is 7.32. The molecule has 2 atom stereocenters. The average molecular weight is 238 g/mol. The second-order valence-electron chi connectivity index (χ2n) is 3.85. The predicted molar refractivity (Wildman–Crippen MR) is 65.5 cm³/mol. The summed E-state index contributed by atoms with van der Waals surface area (Å²) in [4.78, 5) is 0. The van der Waals surface area contributed by atoms with Crippen LogP contribution in [-0.2, 0) is 5.41 Å². The highest BCUT2D eigenvalue weighted by Crippen LogP contribution is 2.54. The number of hydrogen-bond acceptors (Lipinski definition) is 2. The molecule has 2 rings (SSSR count). The normalized spacial score (nSPS) is 26.3. The van der Waals surface area contributed by atoms with Crippen LogP contribution in [0.4, 0.5) is 0 Å². The van der Waals surface area contributed by atoms with Crippen LogP contribution < -0.4 is 0 Å². The molecule has 0 aliphatic heterocycles. The van der Waals surface area contributed by atoms with Crippen LogP contribution in [0, 0.1) is 17.2 Å². The molecule has 1 aromatic rings. The maximum atomic E-state index is 9.25. The minimum absolute atomic E-state index is 0.0665. The maximum Gasteiger partial charge on any atom is 0.134 e. The smallest absolute Gasteiger partial charge is 0.134 e. The van der Waals surface area contributed by atoms with Crippen LogP contribution in [0.1, 0.15) is 32.8 Å². The highest BCUT2D eigenvalue weighted by molar-refractivity contribution is 6.32. The summed E-state index contributed by atoms with van der Waals surface area (Å²) in [7, 11) is 0. The monoisotopic (exact) mass is 237 g/mol. The molecule has 1 aliphatic rings. The molecule has 86 valence electrons. The van der Waals surface area contributed by atoms with E-state index < -0.39 is 0 Å². The number of nitriles is 1. The molecule has 0 aromatic heterocycles. The summed E-state index contributed by atoms with van der Waals surface area (Å²) in [5.41, 5.74) is 0.549. The van der Waals surface area contributed by atoms with Gasteiger partial charge in [0.05, 0.1) is 16.5 Å². The van der Waals surface area contributed by atoms with Gasteiger partial charge >= 0.3 is 0 Å². The summed E-state index contributed by atoms with van der Waals surface area (Å²) in [6.07, 6.45) is 0.880. The summed E-state index contributed by atoms with van der Waals surface area (Å²) < 4.78 is 0. The summed E-state index contributed by atoms with van der Waals surface area (Å²) in [5.74, 6) is 0.449. The molecule has 1 N–H and O–H groups in total. The first-order valence-electron chi connectivity index (χ1n) is 5.50. The van der Waals surface area contributed by atoms with E-state index in [2.05, 4.69) is 6.07 Å². The van der Waals surface area contributed by atoms with Crippen molar-refractivity contribution in [3.05, 3.63) is 28.8 Å². The van der Waals surface area contributed by atoms with Crippen LogP contribution in [0.25, 0.3) is 0 Å². The van der Waals surface area contributed by atoms with Crippen molar-refractivity contribution in [3.8, 4) is 11.8 Å². The molecule has 2 nitrogen and oxygen atoms in total. The summed E-state index contributed by atoms with van der Waals surface area (Å²) in [6.45, 7) is 6.05. The largest absolute Gasteiger partial charge is 0.506 e. The third kappa shape index (κ3) is 2.01. The number of nitrogens with zero attached hydrogens (tertiary/aromatic N) is 1. The van der Waals surface area contributed by atoms with Crippen LogP contribution in [0.15, 0.2) is 18.2 Å².